The maximum atomic E-state index is 6.13. The second-order valence-corrected chi connectivity index (χ2v) is 3.94. The first kappa shape index (κ1) is 10.1. The second kappa shape index (κ2) is 3.95. The van der Waals surface area contributed by atoms with E-state index >= 15 is 0 Å². The Bertz CT molecular complexity index is 443. The topological polar surface area (TPSA) is 26.0 Å². The molecule has 1 aliphatic carbocycles. The maximum Gasteiger partial charge on any atom is 0.0979 e. The third-order valence-electron chi connectivity index (χ3n) is 2.47. The predicted octanol–water partition coefficient (Wildman–Crippen LogP) is 3.09. The van der Waals surface area contributed by atoms with Crippen molar-refractivity contribution < 1.29 is 0 Å². The molecule has 0 heterocycles. The molecule has 0 fully saturated rings. The highest BCUT2D eigenvalue weighted by molar-refractivity contribution is 6.26. The average Bonchev–Trinajstić information content (AvgIpc) is 2.27. The first-order valence-electron chi connectivity index (χ1n) is 4.76. The number of alkyl halides is 1. The van der Waals surface area contributed by atoms with Crippen molar-refractivity contribution in [1.29, 1.82) is 0 Å². The summed E-state index contributed by atoms with van der Waals surface area (Å²) in [5, 5.41) is -0.287. The predicted molar refractivity (Wildman–Crippen MR) is 65.5 cm³/mol. The van der Waals surface area contributed by atoms with Crippen molar-refractivity contribution in [2.75, 3.05) is 0 Å². The van der Waals surface area contributed by atoms with Crippen molar-refractivity contribution in [3.05, 3.63) is 65.9 Å². The molecule has 0 saturated carbocycles. The molecule has 0 aromatic heterocycles. The largest absolute Gasteiger partial charge is 0.401 e. The van der Waals surface area contributed by atoms with Crippen LogP contribution in [0.4, 0.5) is 0 Å². The van der Waals surface area contributed by atoms with Crippen molar-refractivity contribution in [1.82, 2.24) is 0 Å². The molecule has 2 N–H and O–H groups in total. The third-order valence-corrected chi connectivity index (χ3v) is 2.99. The van der Waals surface area contributed by atoms with Crippen molar-refractivity contribution in [3.63, 3.8) is 0 Å². The number of hydrogen-bond donors (Lipinski definition) is 1. The van der Waals surface area contributed by atoms with Crippen LogP contribution in [0.25, 0.3) is 5.57 Å². The Kier molecular flexibility index (Phi) is 2.65. The van der Waals surface area contributed by atoms with Gasteiger partial charge < -0.3 is 5.73 Å². The van der Waals surface area contributed by atoms with Crippen LogP contribution in [0.2, 0.25) is 0 Å². The molecule has 2 rings (SSSR count). The van der Waals surface area contributed by atoms with Gasteiger partial charge in [0, 0.05) is 5.70 Å². The van der Waals surface area contributed by atoms with Gasteiger partial charge in [0.15, 0.2) is 0 Å². The molecule has 1 atom stereocenters. The molecule has 0 aliphatic heterocycles. The molecule has 1 unspecified atom stereocenters. The highest BCUT2D eigenvalue weighted by Crippen LogP contribution is 2.32. The van der Waals surface area contributed by atoms with Crippen LogP contribution in [0.3, 0.4) is 0 Å². The zero-order chi connectivity index (χ0) is 10.8. The van der Waals surface area contributed by atoms with Gasteiger partial charge >= 0.3 is 0 Å². The summed E-state index contributed by atoms with van der Waals surface area (Å²) in [6.07, 6.45) is 3.81. The lowest BCUT2D eigenvalue weighted by Gasteiger charge is -2.20. The Morgan fingerprint density at radius 2 is 1.80 bits per heavy atom. The molecule has 0 bridgehead atoms. The molecule has 76 valence electrons. The first-order valence-corrected chi connectivity index (χ1v) is 5.20. The molecular weight excluding hydrogens is 206 g/mol. The van der Waals surface area contributed by atoms with Gasteiger partial charge in [-0.05, 0) is 22.8 Å². The van der Waals surface area contributed by atoms with E-state index in [1.54, 1.807) is 0 Å². The molecule has 0 spiro atoms. The Labute approximate surface area is 94.6 Å². The fraction of sp³-hybridized carbons (Fsp3) is 0.0769. The normalized spacial score (nSPS) is 20.9. The summed E-state index contributed by atoms with van der Waals surface area (Å²) in [5.41, 5.74) is 9.43. The Morgan fingerprint density at radius 1 is 1.13 bits per heavy atom. The molecule has 1 aromatic carbocycles. The Balaban J connectivity index is 2.43. The van der Waals surface area contributed by atoms with E-state index in [1.807, 2.05) is 42.5 Å². The van der Waals surface area contributed by atoms with Crippen LogP contribution < -0.4 is 5.73 Å². The summed E-state index contributed by atoms with van der Waals surface area (Å²) in [6, 6.07) is 10.0. The summed E-state index contributed by atoms with van der Waals surface area (Å²) < 4.78 is 0. The summed E-state index contributed by atoms with van der Waals surface area (Å²) in [5.74, 6) is 0. The van der Waals surface area contributed by atoms with Crippen LogP contribution >= 0.6 is 11.6 Å². The van der Waals surface area contributed by atoms with Crippen LogP contribution in [0, 0.1) is 0 Å². The van der Waals surface area contributed by atoms with E-state index in [1.165, 1.54) is 0 Å². The van der Waals surface area contributed by atoms with E-state index in [0.29, 0.717) is 5.70 Å². The number of hydrogen-bond acceptors (Lipinski definition) is 1. The van der Waals surface area contributed by atoms with Crippen LogP contribution in [0.15, 0.2) is 60.3 Å². The highest BCUT2D eigenvalue weighted by atomic mass is 35.5. The van der Waals surface area contributed by atoms with Gasteiger partial charge in [-0.3, -0.25) is 0 Å². The molecule has 1 nitrogen and oxygen atoms in total. The smallest absolute Gasteiger partial charge is 0.0979 e. The van der Waals surface area contributed by atoms with Crippen LogP contribution in [0.5, 0.6) is 0 Å². The molecule has 0 amide bonds. The van der Waals surface area contributed by atoms with Gasteiger partial charge in [0.1, 0.15) is 0 Å². The molecule has 0 saturated heterocycles. The van der Waals surface area contributed by atoms with E-state index in [4.69, 9.17) is 17.3 Å². The van der Waals surface area contributed by atoms with Gasteiger partial charge in [-0.1, -0.05) is 43.0 Å². The molecule has 1 aromatic rings. The van der Waals surface area contributed by atoms with Gasteiger partial charge in [-0.25, -0.2) is 0 Å². The number of nitrogens with two attached hydrogens (primary N) is 1. The lowest BCUT2D eigenvalue weighted by Crippen LogP contribution is -2.17. The Hall–Kier alpha value is -1.47. The summed E-state index contributed by atoms with van der Waals surface area (Å²) in [6.45, 7) is 3.98. The second-order valence-electron chi connectivity index (χ2n) is 3.50. The van der Waals surface area contributed by atoms with Crippen LogP contribution in [-0.4, -0.2) is 5.38 Å². The highest BCUT2D eigenvalue weighted by Gasteiger charge is 2.19. The quantitative estimate of drug-likeness (QED) is 0.719. The maximum absolute atomic E-state index is 6.13. The van der Waals surface area contributed by atoms with E-state index < -0.39 is 0 Å². The zero-order valence-electron chi connectivity index (χ0n) is 8.28. The fourth-order valence-corrected chi connectivity index (χ4v) is 1.80. The zero-order valence-corrected chi connectivity index (χ0v) is 9.04. The Morgan fingerprint density at radius 3 is 2.47 bits per heavy atom. The minimum absolute atomic E-state index is 0.287. The minimum atomic E-state index is -0.287. The number of rotatable bonds is 1. The van der Waals surface area contributed by atoms with Gasteiger partial charge in [-0.15, -0.1) is 11.6 Å². The van der Waals surface area contributed by atoms with Crippen LogP contribution in [-0.2, 0) is 0 Å². The summed E-state index contributed by atoms with van der Waals surface area (Å²) in [4.78, 5) is 0. The third kappa shape index (κ3) is 1.83. The molecule has 1 aliphatic rings. The lowest BCUT2D eigenvalue weighted by atomic mass is 9.91. The standard InChI is InChI=1S/C13H12ClN/c1-9-11(7-8-12(15)13(9)14)10-5-3-2-4-6-10/h2-8,13H,1,15H2. The van der Waals surface area contributed by atoms with Crippen molar-refractivity contribution in [3.8, 4) is 0 Å². The summed E-state index contributed by atoms with van der Waals surface area (Å²) in [7, 11) is 0. The van der Waals surface area contributed by atoms with Crippen molar-refractivity contribution in [2.45, 2.75) is 5.38 Å². The molecule has 2 heteroatoms. The number of halogens is 1. The SMILES string of the molecule is C=C1C(c2ccccc2)=CC=C(N)C1Cl. The van der Waals surface area contributed by atoms with E-state index in [2.05, 4.69) is 6.58 Å². The average molecular weight is 218 g/mol. The monoisotopic (exact) mass is 217 g/mol. The first-order chi connectivity index (χ1) is 7.20. The lowest BCUT2D eigenvalue weighted by molar-refractivity contribution is 1.12. The van der Waals surface area contributed by atoms with Crippen molar-refractivity contribution >= 4 is 17.2 Å². The molecule has 0 radical (unpaired) electrons. The summed E-state index contributed by atoms with van der Waals surface area (Å²) >= 11 is 6.13. The van der Waals surface area contributed by atoms with E-state index in [-0.39, 0.29) is 5.38 Å². The molecule has 15 heavy (non-hydrogen) atoms. The van der Waals surface area contributed by atoms with Gasteiger partial charge in [0.2, 0.25) is 0 Å². The van der Waals surface area contributed by atoms with Crippen LogP contribution in [0.1, 0.15) is 5.56 Å². The minimum Gasteiger partial charge on any atom is -0.401 e. The van der Waals surface area contributed by atoms with E-state index in [9.17, 15) is 0 Å². The fourth-order valence-electron chi connectivity index (χ4n) is 1.61. The van der Waals surface area contributed by atoms with E-state index in [0.717, 1.165) is 16.7 Å². The molecular formula is C13H12ClN. The number of benzene rings is 1. The van der Waals surface area contributed by atoms with Gasteiger partial charge in [-0.2, -0.15) is 0 Å². The van der Waals surface area contributed by atoms with Gasteiger partial charge in [0.25, 0.3) is 0 Å². The number of allylic oxidation sites excluding steroid dienone is 4. The van der Waals surface area contributed by atoms with Gasteiger partial charge in [0.05, 0.1) is 5.38 Å². The van der Waals surface area contributed by atoms with Crippen molar-refractivity contribution in [2.24, 2.45) is 5.73 Å².